The fraction of sp³-hybridized carbons (Fsp3) is 0.375. The van der Waals surface area contributed by atoms with Crippen LogP contribution in [0.3, 0.4) is 0 Å². The lowest BCUT2D eigenvalue weighted by Crippen LogP contribution is -2.34. The van der Waals surface area contributed by atoms with Gasteiger partial charge in [0.1, 0.15) is 12.7 Å². The third-order valence-electron chi connectivity index (χ3n) is 3.38. The normalized spacial score (nSPS) is 14.1. The number of para-hydroxylation sites is 1. The highest BCUT2D eigenvalue weighted by Crippen LogP contribution is 2.23. The maximum atomic E-state index is 13.4. The second-order valence-corrected chi connectivity index (χ2v) is 6.01. The Balaban J connectivity index is 1.81. The summed E-state index contributed by atoms with van der Waals surface area (Å²) in [5.74, 6) is -0.240. The van der Waals surface area contributed by atoms with Crippen LogP contribution in [0.4, 0.5) is 4.39 Å². The van der Waals surface area contributed by atoms with Gasteiger partial charge in [-0.1, -0.05) is 18.2 Å². The molecule has 1 aromatic carbocycles. The van der Waals surface area contributed by atoms with E-state index in [2.05, 4.69) is 17.9 Å². The van der Waals surface area contributed by atoms with Gasteiger partial charge < -0.3 is 9.84 Å². The van der Waals surface area contributed by atoms with Gasteiger partial charge in [0, 0.05) is 17.5 Å². The van der Waals surface area contributed by atoms with Gasteiger partial charge in [0.15, 0.2) is 11.6 Å². The zero-order chi connectivity index (χ0) is 15.2. The number of halogens is 1. The van der Waals surface area contributed by atoms with E-state index in [1.807, 2.05) is 18.5 Å². The number of ether oxygens (including phenoxy) is 1. The number of hydrogen-bond acceptors (Lipinski definition) is 4. The molecular weight excluding hydrogens is 289 g/mol. The number of rotatable bonds is 7. The Morgan fingerprint density at radius 2 is 2.05 bits per heavy atom. The average Bonchev–Trinajstić information content (AvgIpc) is 2.99. The summed E-state index contributed by atoms with van der Waals surface area (Å²) < 4.78 is 18.7. The summed E-state index contributed by atoms with van der Waals surface area (Å²) in [5.41, 5.74) is 0. The van der Waals surface area contributed by atoms with Crippen molar-refractivity contribution in [2.45, 2.75) is 19.1 Å². The maximum absolute atomic E-state index is 13.4. The summed E-state index contributed by atoms with van der Waals surface area (Å²) in [5, 5.41) is 12.1. The molecule has 1 heterocycles. The van der Waals surface area contributed by atoms with Gasteiger partial charge in [0.05, 0.1) is 0 Å². The lowest BCUT2D eigenvalue weighted by Gasteiger charge is -2.26. The predicted molar refractivity (Wildman–Crippen MR) is 83.3 cm³/mol. The molecule has 21 heavy (non-hydrogen) atoms. The average molecular weight is 309 g/mol. The molecule has 0 aliphatic carbocycles. The van der Waals surface area contributed by atoms with Crippen molar-refractivity contribution in [1.82, 2.24) is 4.90 Å². The van der Waals surface area contributed by atoms with Crippen LogP contribution in [0.15, 0.2) is 41.8 Å². The van der Waals surface area contributed by atoms with E-state index in [0.717, 1.165) is 0 Å². The van der Waals surface area contributed by atoms with E-state index in [-0.39, 0.29) is 18.4 Å². The molecular formula is C16H20FNO2S. The molecule has 0 spiro atoms. The molecule has 1 N–H and O–H groups in total. The lowest BCUT2D eigenvalue weighted by atomic mass is 10.2. The van der Waals surface area contributed by atoms with Crippen LogP contribution >= 0.6 is 11.3 Å². The first-order chi connectivity index (χ1) is 10.1. The van der Waals surface area contributed by atoms with Crippen molar-refractivity contribution < 1.29 is 14.2 Å². The number of benzene rings is 1. The van der Waals surface area contributed by atoms with Crippen LogP contribution in [0.5, 0.6) is 5.75 Å². The Labute approximate surface area is 128 Å². The molecule has 0 saturated carbocycles. The summed E-state index contributed by atoms with van der Waals surface area (Å²) in [7, 11) is 1.96. The zero-order valence-electron chi connectivity index (χ0n) is 12.2. The number of aliphatic hydroxyl groups excluding tert-OH is 1. The third-order valence-corrected chi connectivity index (χ3v) is 4.43. The summed E-state index contributed by atoms with van der Waals surface area (Å²) in [6.45, 7) is 2.63. The molecule has 5 heteroatoms. The number of likely N-dealkylation sites (N-methyl/N-ethyl adjacent to an activating group) is 1. The van der Waals surface area contributed by atoms with Crippen LogP contribution in [-0.4, -0.2) is 36.3 Å². The first kappa shape index (κ1) is 15.9. The molecule has 0 saturated heterocycles. The van der Waals surface area contributed by atoms with Crippen molar-refractivity contribution in [3.63, 3.8) is 0 Å². The molecule has 0 bridgehead atoms. The Bertz CT molecular complexity index is 547. The number of aliphatic hydroxyl groups is 1. The van der Waals surface area contributed by atoms with Crippen molar-refractivity contribution in [2.24, 2.45) is 0 Å². The molecule has 2 atom stereocenters. The van der Waals surface area contributed by atoms with Crippen molar-refractivity contribution in [3.05, 3.63) is 52.5 Å². The summed E-state index contributed by atoms with van der Waals surface area (Å²) >= 11 is 1.69. The monoisotopic (exact) mass is 309 g/mol. The van der Waals surface area contributed by atoms with Crippen molar-refractivity contribution in [1.29, 1.82) is 0 Å². The van der Waals surface area contributed by atoms with Crippen molar-refractivity contribution in [2.75, 3.05) is 20.2 Å². The van der Waals surface area contributed by atoms with Gasteiger partial charge in [0.2, 0.25) is 0 Å². The Morgan fingerprint density at radius 3 is 2.71 bits per heavy atom. The number of hydrogen-bond donors (Lipinski definition) is 1. The largest absolute Gasteiger partial charge is 0.488 e. The molecule has 3 nitrogen and oxygen atoms in total. The quantitative estimate of drug-likeness (QED) is 0.851. The molecule has 0 aliphatic rings. The predicted octanol–water partition coefficient (Wildman–Crippen LogP) is 3.32. The maximum Gasteiger partial charge on any atom is 0.165 e. The molecule has 2 rings (SSSR count). The van der Waals surface area contributed by atoms with Gasteiger partial charge in [0.25, 0.3) is 0 Å². The van der Waals surface area contributed by atoms with Crippen LogP contribution in [0.25, 0.3) is 0 Å². The summed E-state index contributed by atoms with van der Waals surface area (Å²) in [6.07, 6.45) is -0.669. The van der Waals surface area contributed by atoms with Gasteiger partial charge in [-0.3, -0.25) is 4.90 Å². The van der Waals surface area contributed by atoms with Gasteiger partial charge >= 0.3 is 0 Å². The first-order valence-electron chi connectivity index (χ1n) is 6.87. The smallest absolute Gasteiger partial charge is 0.165 e. The Morgan fingerprint density at radius 1 is 1.29 bits per heavy atom. The van der Waals surface area contributed by atoms with Crippen LogP contribution in [-0.2, 0) is 0 Å². The van der Waals surface area contributed by atoms with E-state index in [0.29, 0.717) is 6.54 Å². The van der Waals surface area contributed by atoms with Crippen molar-refractivity contribution >= 4 is 11.3 Å². The first-order valence-corrected chi connectivity index (χ1v) is 7.75. The number of thiophene rings is 1. The van der Waals surface area contributed by atoms with Crippen LogP contribution in [0.2, 0.25) is 0 Å². The highest BCUT2D eigenvalue weighted by molar-refractivity contribution is 7.10. The van der Waals surface area contributed by atoms with Gasteiger partial charge in [-0.2, -0.15) is 0 Å². The highest BCUT2D eigenvalue weighted by Gasteiger charge is 2.17. The van der Waals surface area contributed by atoms with E-state index in [1.54, 1.807) is 29.5 Å². The van der Waals surface area contributed by atoms with Gasteiger partial charge in [-0.05, 0) is 37.6 Å². The zero-order valence-corrected chi connectivity index (χ0v) is 13.0. The number of nitrogens with zero attached hydrogens (tertiary/aromatic N) is 1. The van der Waals surface area contributed by atoms with Crippen LogP contribution in [0, 0.1) is 5.82 Å². The highest BCUT2D eigenvalue weighted by atomic mass is 32.1. The van der Waals surface area contributed by atoms with E-state index < -0.39 is 11.9 Å². The molecule has 2 unspecified atom stereocenters. The second kappa shape index (κ2) is 7.54. The Kier molecular flexibility index (Phi) is 5.73. The van der Waals surface area contributed by atoms with Gasteiger partial charge in [-0.15, -0.1) is 11.3 Å². The minimum atomic E-state index is -0.669. The fourth-order valence-electron chi connectivity index (χ4n) is 2.04. The summed E-state index contributed by atoms with van der Waals surface area (Å²) in [4.78, 5) is 3.31. The molecule has 0 aliphatic heterocycles. The minimum Gasteiger partial charge on any atom is -0.488 e. The molecule has 0 amide bonds. The SMILES string of the molecule is CC(c1cccs1)N(C)CC(O)COc1ccccc1F. The van der Waals surface area contributed by atoms with Gasteiger partial charge in [-0.25, -0.2) is 4.39 Å². The molecule has 0 fully saturated rings. The van der Waals surface area contributed by atoms with E-state index in [1.165, 1.54) is 10.9 Å². The van der Waals surface area contributed by atoms with Crippen LogP contribution < -0.4 is 4.74 Å². The van der Waals surface area contributed by atoms with E-state index >= 15 is 0 Å². The summed E-state index contributed by atoms with van der Waals surface area (Å²) in [6, 6.07) is 10.5. The van der Waals surface area contributed by atoms with E-state index in [4.69, 9.17) is 4.74 Å². The standard InChI is InChI=1S/C16H20FNO2S/c1-12(16-8-5-9-21-16)18(2)10-13(19)11-20-15-7-4-3-6-14(15)17/h3-9,12-13,19H,10-11H2,1-2H3. The third kappa shape index (κ3) is 4.52. The molecule has 2 aromatic rings. The topological polar surface area (TPSA) is 32.7 Å². The van der Waals surface area contributed by atoms with Crippen LogP contribution in [0.1, 0.15) is 17.8 Å². The lowest BCUT2D eigenvalue weighted by molar-refractivity contribution is 0.0645. The molecule has 1 aromatic heterocycles. The Hall–Kier alpha value is -1.43. The minimum absolute atomic E-state index is 0.0719. The fourth-order valence-corrected chi connectivity index (χ4v) is 2.89. The van der Waals surface area contributed by atoms with Crippen molar-refractivity contribution in [3.8, 4) is 5.75 Å². The second-order valence-electron chi connectivity index (χ2n) is 5.03. The van der Waals surface area contributed by atoms with E-state index in [9.17, 15) is 9.50 Å². The molecule has 114 valence electrons. The molecule has 0 radical (unpaired) electrons.